The summed E-state index contributed by atoms with van der Waals surface area (Å²) in [6, 6.07) is 28.4. The van der Waals surface area contributed by atoms with Gasteiger partial charge in [0.2, 0.25) is 0 Å². The quantitative estimate of drug-likeness (QED) is 0.233. The summed E-state index contributed by atoms with van der Waals surface area (Å²) in [5, 5.41) is 5.27. The van der Waals surface area contributed by atoms with Crippen molar-refractivity contribution >= 4 is 21.5 Å². The van der Waals surface area contributed by atoms with Crippen LogP contribution >= 0.6 is 0 Å². The average Bonchev–Trinajstić information content (AvgIpc) is 2.85. The highest BCUT2D eigenvalue weighted by Crippen LogP contribution is 2.30. The molecule has 4 aromatic rings. The Hall–Kier alpha value is -3.12. The predicted octanol–water partition coefficient (Wildman–Crippen LogP) is 10.2. The lowest BCUT2D eigenvalue weighted by atomic mass is 9.97. The fourth-order valence-corrected chi connectivity index (χ4v) is 3.23. The Labute approximate surface area is 190 Å². The molecular formula is C31H38. The molecule has 4 aromatic carbocycles. The summed E-state index contributed by atoms with van der Waals surface area (Å²) in [4.78, 5) is 0. The molecule has 0 amide bonds. The van der Waals surface area contributed by atoms with Gasteiger partial charge in [0.25, 0.3) is 0 Å². The number of hydrogen-bond donors (Lipinski definition) is 0. The molecule has 0 nitrogen and oxygen atoms in total. The minimum Gasteiger partial charge on any atom is -0.0991 e. The van der Waals surface area contributed by atoms with E-state index in [0.717, 1.165) is 6.42 Å². The summed E-state index contributed by atoms with van der Waals surface area (Å²) < 4.78 is 0. The smallest absolute Gasteiger partial charge is 0.0105 e. The van der Waals surface area contributed by atoms with E-state index in [1.165, 1.54) is 38.2 Å². The van der Waals surface area contributed by atoms with E-state index in [0.29, 0.717) is 0 Å². The van der Waals surface area contributed by atoms with E-state index in [1.807, 2.05) is 33.8 Å². The fraction of sp³-hybridized carbons (Fsp3) is 0.226. The van der Waals surface area contributed by atoms with Gasteiger partial charge in [-0.1, -0.05) is 138 Å². The SMILES string of the molecule is C=C/C=C/CC.CC.CC.Cc1ccc2c(ccc3cc(-c4ccccc4)ccc32)c1. The van der Waals surface area contributed by atoms with Gasteiger partial charge in [0.1, 0.15) is 0 Å². The highest BCUT2D eigenvalue weighted by atomic mass is 14.1. The van der Waals surface area contributed by atoms with Gasteiger partial charge in [-0.15, -0.1) is 0 Å². The van der Waals surface area contributed by atoms with E-state index >= 15 is 0 Å². The van der Waals surface area contributed by atoms with Gasteiger partial charge in [-0.05, 0) is 52.1 Å². The Balaban J connectivity index is 0.000000414. The van der Waals surface area contributed by atoms with Crippen molar-refractivity contribution in [2.45, 2.75) is 48.0 Å². The molecule has 0 aromatic heterocycles. The normalized spacial score (nSPS) is 9.74. The van der Waals surface area contributed by atoms with Crippen molar-refractivity contribution in [2.75, 3.05) is 0 Å². The van der Waals surface area contributed by atoms with Crippen molar-refractivity contribution in [1.29, 1.82) is 0 Å². The summed E-state index contributed by atoms with van der Waals surface area (Å²) in [5.74, 6) is 0. The molecule has 0 radical (unpaired) electrons. The molecule has 4 rings (SSSR count). The van der Waals surface area contributed by atoms with E-state index in [9.17, 15) is 0 Å². The number of aryl methyl sites for hydroxylation is 1. The molecule has 162 valence electrons. The number of allylic oxidation sites excluding steroid dienone is 3. The highest BCUT2D eigenvalue weighted by Gasteiger charge is 2.03. The van der Waals surface area contributed by atoms with Crippen LogP contribution in [-0.2, 0) is 0 Å². The Morgan fingerprint density at radius 1 is 0.677 bits per heavy atom. The second-order valence-corrected chi connectivity index (χ2v) is 6.66. The standard InChI is InChI=1S/C21H16.C6H10.2C2H6/c1-15-7-11-20-18(13-15)8-9-19-14-17(10-12-21(19)20)16-5-3-2-4-6-16;1-3-5-6-4-2;2*1-2/h2-14H,1H3;3,5-6H,1,4H2,2H3;2*1-2H3/b;6-5+;;. The molecule has 0 aliphatic heterocycles. The minimum atomic E-state index is 1.10. The van der Waals surface area contributed by atoms with Gasteiger partial charge in [0, 0.05) is 0 Å². The maximum Gasteiger partial charge on any atom is -0.0105 e. The summed E-state index contributed by atoms with van der Waals surface area (Å²) >= 11 is 0. The van der Waals surface area contributed by atoms with Gasteiger partial charge in [-0.3, -0.25) is 0 Å². The molecule has 0 N–H and O–H groups in total. The zero-order chi connectivity index (χ0) is 23.1. The molecule has 0 unspecified atom stereocenters. The van der Waals surface area contributed by atoms with Crippen LogP contribution in [0.3, 0.4) is 0 Å². The number of benzene rings is 4. The van der Waals surface area contributed by atoms with Crippen LogP contribution < -0.4 is 0 Å². The van der Waals surface area contributed by atoms with E-state index in [-0.39, 0.29) is 0 Å². The lowest BCUT2D eigenvalue weighted by Gasteiger charge is -2.08. The van der Waals surface area contributed by atoms with Crippen LogP contribution in [0.4, 0.5) is 0 Å². The zero-order valence-electron chi connectivity index (χ0n) is 20.2. The van der Waals surface area contributed by atoms with Crippen LogP contribution in [0.5, 0.6) is 0 Å². The van der Waals surface area contributed by atoms with Crippen molar-refractivity contribution in [1.82, 2.24) is 0 Å². The number of rotatable bonds is 3. The van der Waals surface area contributed by atoms with E-state index in [4.69, 9.17) is 0 Å². The highest BCUT2D eigenvalue weighted by molar-refractivity contribution is 6.08. The lowest BCUT2D eigenvalue weighted by Crippen LogP contribution is -1.82. The molecule has 0 spiro atoms. The van der Waals surface area contributed by atoms with Crippen molar-refractivity contribution in [2.24, 2.45) is 0 Å². The second-order valence-electron chi connectivity index (χ2n) is 6.66. The monoisotopic (exact) mass is 410 g/mol. The first-order valence-electron chi connectivity index (χ1n) is 11.5. The Bertz CT molecular complexity index is 1070. The van der Waals surface area contributed by atoms with Crippen molar-refractivity contribution in [3.63, 3.8) is 0 Å². The van der Waals surface area contributed by atoms with Crippen LogP contribution in [0.1, 0.15) is 46.6 Å². The third-order valence-corrected chi connectivity index (χ3v) is 4.61. The molecular weight excluding hydrogens is 372 g/mol. The predicted molar refractivity (Wildman–Crippen MR) is 144 cm³/mol. The summed E-state index contributed by atoms with van der Waals surface area (Å²) in [6.07, 6.45) is 6.89. The first-order valence-corrected chi connectivity index (χ1v) is 11.5. The molecule has 0 saturated heterocycles. The van der Waals surface area contributed by atoms with Crippen molar-refractivity contribution < 1.29 is 0 Å². The average molecular weight is 411 g/mol. The summed E-state index contributed by atoms with van der Waals surface area (Å²) in [7, 11) is 0. The molecule has 31 heavy (non-hydrogen) atoms. The van der Waals surface area contributed by atoms with Crippen molar-refractivity contribution in [3.05, 3.63) is 109 Å². The first kappa shape index (κ1) is 25.9. The molecule has 0 heteroatoms. The van der Waals surface area contributed by atoms with Crippen LogP contribution in [0.15, 0.2) is 104 Å². The Morgan fingerprint density at radius 3 is 1.81 bits per heavy atom. The maximum atomic E-state index is 3.51. The van der Waals surface area contributed by atoms with E-state index < -0.39 is 0 Å². The third kappa shape index (κ3) is 7.57. The summed E-state index contributed by atoms with van der Waals surface area (Å²) in [5.41, 5.74) is 3.85. The van der Waals surface area contributed by atoms with Crippen LogP contribution in [0.2, 0.25) is 0 Å². The molecule has 0 fully saturated rings. The lowest BCUT2D eigenvalue weighted by molar-refractivity contribution is 1.22. The Kier molecular flexibility index (Phi) is 12.4. The minimum absolute atomic E-state index is 1.10. The van der Waals surface area contributed by atoms with Crippen LogP contribution in [-0.4, -0.2) is 0 Å². The Morgan fingerprint density at radius 2 is 1.26 bits per heavy atom. The second kappa shape index (κ2) is 14.8. The van der Waals surface area contributed by atoms with E-state index in [1.54, 1.807) is 6.08 Å². The van der Waals surface area contributed by atoms with Gasteiger partial charge >= 0.3 is 0 Å². The van der Waals surface area contributed by atoms with Gasteiger partial charge in [-0.2, -0.15) is 0 Å². The van der Waals surface area contributed by atoms with Gasteiger partial charge < -0.3 is 0 Å². The molecule has 0 saturated carbocycles. The summed E-state index contributed by atoms with van der Waals surface area (Å²) in [6.45, 7) is 15.7. The largest absolute Gasteiger partial charge is 0.0991 e. The zero-order valence-corrected chi connectivity index (χ0v) is 20.2. The third-order valence-electron chi connectivity index (χ3n) is 4.61. The van der Waals surface area contributed by atoms with Crippen molar-refractivity contribution in [3.8, 4) is 11.1 Å². The van der Waals surface area contributed by atoms with Gasteiger partial charge in [0.15, 0.2) is 0 Å². The van der Waals surface area contributed by atoms with Gasteiger partial charge in [-0.25, -0.2) is 0 Å². The number of hydrogen-bond acceptors (Lipinski definition) is 0. The molecule has 0 aliphatic carbocycles. The fourth-order valence-electron chi connectivity index (χ4n) is 3.23. The first-order chi connectivity index (χ1) is 15.2. The van der Waals surface area contributed by atoms with Crippen LogP contribution in [0, 0.1) is 6.92 Å². The molecule has 0 atom stereocenters. The molecule has 0 aliphatic rings. The molecule has 0 bridgehead atoms. The number of fused-ring (bicyclic) bond motifs is 3. The van der Waals surface area contributed by atoms with E-state index in [2.05, 4.69) is 105 Å². The maximum absolute atomic E-state index is 3.51. The van der Waals surface area contributed by atoms with Crippen LogP contribution in [0.25, 0.3) is 32.7 Å². The van der Waals surface area contributed by atoms with Gasteiger partial charge in [0.05, 0.1) is 0 Å². The topological polar surface area (TPSA) is 0 Å². The molecule has 0 heterocycles.